The smallest absolute Gasteiger partial charge is 0.00922 e. The summed E-state index contributed by atoms with van der Waals surface area (Å²) >= 11 is 0. The first-order chi connectivity index (χ1) is 8.27. The molecule has 0 spiro atoms. The summed E-state index contributed by atoms with van der Waals surface area (Å²) in [6.07, 6.45) is 10.1. The first-order valence-corrected chi connectivity index (χ1v) is 7.68. The summed E-state index contributed by atoms with van der Waals surface area (Å²) < 4.78 is 0. The van der Waals surface area contributed by atoms with Crippen molar-refractivity contribution in [1.29, 1.82) is 0 Å². The third-order valence-corrected chi connectivity index (χ3v) is 5.03. The predicted octanol–water partition coefficient (Wildman–Crippen LogP) is 3.31. The molecule has 0 aromatic carbocycles. The van der Waals surface area contributed by atoms with E-state index >= 15 is 0 Å². The SMILES string of the molecule is CC(C1CCCCC1)N(C)CC1CCNCC1.Cl. The Morgan fingerprint density at radius 1 is 1.06 bits per heavy atom. The van der Waals surface area contributed by atoms with Crippen LogP contribution in [0.5, 0.6) is 0 Å². The van der Waals surface area contributed by atoms with Crippen LogP contribution in [0.2, 0.25) is 0 Å². The summed E-state index contributed by atoms with van der Waals surface area (Å²) in [7, 11) is 2.35. The maximum atomic E-state index is 3.46. The number of hydrogen-bond donors (Lipinski definition) is 1. The van der Waals surface area contributed by atoms with E-state index in [4.69, 9.17) is 0 Å². The Kier molecular flexibility index (Phi) is 7.59. The lowest BCUT2D eigenvalue weighted by Crippen LogP contribution is -2.41. The number of nitrogens with zero attached hydrogens (tertiary/aromatic N) is 1. The highest BCUT2D eigenvalue weighted by molar-refractivity contribution is 5.85. The molecule has 1 atom stereocenters. The van der Waals surface area contributed by atoms with Gasteiger partial charge >= 0.3 is 0 Å². The van der Waals surface area contributed by atoms with E-state index in [9.17, 15) is 0 Å². The van der Waals surface area contributed by atoms with Gasteiger partial charge in [0.15, 0.2) is 0 Å². The van der Waals surface area contributed by atoms with Gasteiger partial charge in [-0.05, 0) is 64.6 Å². The number of halogens is 1. The van der Waals surface area contributed by atoms with Crippen LogP contribution in [0, 0.1) is 11.8 Å². The van der Waals surface area contributed by atoms with Crippen LogP contribution in [0.15, 0.2) is 0 Å². The van der Waals surface area contributed by atoms with Crippen molar-refractivity contribution in [2.75, 3.05) is 26.7 Å². The zero-order valence-corrected chi connectivity index (χ0v) is 13.0. The number of hydrogen-bond acceptors (Lipinski definition) is 2. The van der Waals surface area contributed by atoms with Crippen molar-refractivity contribution in [3.05, 3.63) is 0 Å². The maximum Gasteiger partial charge on any atom is 0.00922 e. The molecule has 108 valence electrons. The van der Waals surface area contributed by atoms with Gasteiger partial charge in [0.2, 0.25) is 0 Å². The quantitative estimate of drug-likeness (QED) is 0.846. The van der Waals surface area contributed by atoms with Crippen LogP contribution in [0.3, 0.4) is 0 Å². The van der Waals surface area contributed by atoms with Crippen LogP contribution in [-0.4, -0.2) is 37.6 Å². The second kappa shape index (κ2) is 8.39. The Morgan fingerprint density at radius 3 is 2.28 bits per heavy atom. The molecule has 1 heterocycles. The van der Waals surface area contributed by atoms with Gasteiger partial charge in [-0.3, -0.25) is 0 Å². The fraction of sp³-hybridized carbons (Fsp3) is 1.00. The highest BCUT2D eigenvalue weighted by atomic mass is 35.5. The Labute approximate surface area is 119 Å². The third kappa shape index (κ3) is 4.71. The normalized spacial score (nSPS) is 24.8. The van der Waals surface area contributed by atoms with Crippen LogP contribution in [-0.2, 0) is 0 Å². The zero-order chi connectivity index (χ0) is 12.1. The lowest BCUT2D eigenvalue weighted by molar-refractivity contribution is 0.130. The third-order valence-electron chi connectivity index (χ3n) is 5.03. The van der Waals surface area contributed by atoms with Gasteiger partial charge in [0.25, 0.3) is 0 Å². The van der Waals surface area contributed by atoms with Crippen LogP contribution < -0.4 is 5.32 Å². The molecule has 1 aliphatic heterocycles. The Hall–Kier alpha value is 0.210. The van der Waals surface area contributed by atoms with Crippen molar-refractivity contribution in [2.45, 2.75) is 57.9 Å². The van der Waals surface area contributed by atoms with Crippen LogP contribution in [0.1, 0.15) is 51.9 Å². The molecular formula is C15H31ClN2. The van der Waals surface area contributed by atoms with Gasteiger partial charge in [0, 0.05) is 12.6 Å². The average molecular weight is 275 g/mol. The minimum atomic E-state index is 0. The molecule has 0 aromatic rings. The number of rotatable bonds is 4. The number of nitrogens with one attached hydrogen (secondary N) is 1. The molecule has 0 radical (unpaired) electrons. The van der Waals surface area contributed by atoms with E-state index in [-0.39, 0.29) is 12.4 Å². The lowest BCUT2D eigenvalue weighted by Gasteiger charge is -2.37. The fourth-order valence-electron chi connectivity index (χ4n) is 3.61. The molecule has 1 aliphatic carbocycles. The summed E-state index contributed by atoms with van der Waals surface area (Å²) in [6.45, 7) is 6.24. The first-order valence-electron chi connectivity index (χ1n) is 7.68. The average Bonchev–Trinajstić information content (AvgIpc) is 2.40. The van der Waals surface area contributed by atoms with Gasteiger partial charge in [0.05, 0.1) is 0 Å². The maximum absolute atomic E-state index is 3.46. The number of piperidine rings is 1. The molecule has 2 fully saturated rings. The summed E-state index contributed by atoms with van der Waals surface area (Å²) in [5, 5.41) is 3.46. The second-order valence-electron chi connectivity index (χ2n) is 6.27. The Balaban J connectivity index is 0.00000162. The lowest BCUT2D eigenvalue weighted by atomic mass is 9.83. The molecule has 18 heavy (non-hydrogen) atoms. The van der Waals surface area contributed by atoms with Crippen molar-refractivity contribution >= 4 is 12.4 Å². The van der Waals surface area contributed by atoms with Gasteiger partial charge in [-0.2, -0.15) is 0 Å². The summed E-state index contributed by atoms with van der Waals surface area (Å²) in [4.78, 5) is 2.64. The van der Waals surface area contributed by atoms with Gasteiger partial charge in [-0.1, -0.05) is 19.3 Å². The summed E-state index contributed by atoms with van der Waals surface area (Å²) in [5.74, 6) is 1.91. The molecule has 0 amide bonds. The van der Waals surface area contributed by atoms with Gasteiger partial charge < -0.3 is 10.2 Å². The van der Waals surface area contributed by atoms with Crippen molar-refractivity contribution in [1.82, 2.24) is 10.2 Å². The predicted molar refractivity (Wildman–Crippen MR) is 81.5 cm³/mol. The monoisotopic (exact) mass is 274 g/mol. The van der Waals surface area contributed by atoms with Crippen molar-refractivity contribution in [2.24, 2.45) is 11.8 Å². The minimum Gasteiger partial charge on any atom is -0.317 e. The molecule has 0 bridgehead atoms. The molecule has 2 nitrogen and oxygen atoms in total. The van der Waals surface area contributed by atoms with E-state index in [2.05, 4.69) is 24.2 Å². The summed E-state index contributed by atoms with van der Waals surface area (Å²) in [6, 6.07) is 0.796. The molecule has 2 aliphatic rings. The van der Waals surface area contributed by atoms with Crippen LogP contribution in [0.4, 0.5) is 0 Å². The van der Waals surface area contributed by atoms with Crippen LogP contribution >= 0.6 is 12.4 Å². The minimum absolute atomic E-state index is 0. The van der Waals surface area contributed by atoms with Gasteiger partial charge in [0.1, 0.15) is 0 Å². The Morgan fingerprint density at radius 2 is 1.67 bits per heavy atom. The zero-order valence-electron chi connectivity index (χ0n) is 12.2. The fourth-order valence-corrected chi connectivity index (χ4v) is 3.61. The molecule has 2 rings (SSSR count). The van der Waals surface area contributed by atoms with Crippen molar-refractivity contribution in [3.8, 4) is 0 Å². The van der Waals surface area contributed by atoms with Gasteiger partial charge in [-0.15, -0.1) is 12.4 Å². The topological polar surface area (TPSA) is 15.3 Å². The first kappa shape index (κ1) is 16.3. The van der Waals surface area contributed by atoms with E-state index in [1.807, 2.05) is 0 Å². The molecule has 3 heteroatoms. The van der Waals surface area contributed by atoms with E-state index < -0.39 is 0 Å². The highest BCUT2D eigenvalue weighted by Crippen LogP contribution is 2.29. The summed E-state index contributed by atoms with van der Waals surface area (Å²) in [5.41, 5.74) is 0. The van der Waals surface area contributed by atoms with Crippen LogP contribution in [0.25, 0.3) is 0 Å². The molecule has 1 saturated carbocycles. The Bertz CT molecular complexity index is 211. The molecule has 0 aromatic heterocycles. The molecular weight excluding hydrogens is 244 g/mol. The van der Waals surface area contributed by atoms with Crippen molar-refractivity contribution < 1.29 is 0 Å². The largest absolute Gasteiger partial charge is 0.317 e. The molecule has 1 unspecified atom stereocenters. The van der Waals surface area contributed by atoms with Crippen molar-refractivity contribution in [3.63, 3.8) is 0 Å². The second-order valence-corrected chi connectivity index (χ2v) is 6.27. The van der Waals surface area contributed by atoms with E-state index in [0.29, 0.717) is 0 Å². The molecule has 1 saturated heterocycles. The highest BCUT2D eigenvalue weighted by Gasteiger charge is 2.25. The standard InChI is InChI=1S/C15H30N2.ClH/c1-13(15-6-4-3-5-7-15)17(2)12-14-8-10-16-11-9-14;/h13-16H,3-12H2,1-2H3;1H. The van der Waals surface area contributed by atoms with E-state index in [1.165, 1.54) is 64.6 Å². The molecule has 1 N–H and O–H groups in total. The van der Waals surface area contributed by atoms with E-state index in [1.54, 1.807) is 0 Å². The van der Waals surface area contributed by atoms with E-state index in [0.717, 1.165) is 17.9 Å². The van der Waals surface area contributed by atoms with Gasteiger partial charge in [-0.25, -0.2) is 0 Å².